The molecule has 2 atom stereocenters. The van der Waals surface area contributed by atoms with Gasteiger partial charge in [-0.15, -0.1) is 5.01 Å². The second kappa shape index (κ2) is 8.90. The zero-order chi connectivity index (χ0) is 17.4. The average molecular weight is 321 g/mol. The summed E-state index contributed by atoms with van der Waals surface area (Å²) in [5.41, 5.74) is 0. The van der Waals surface area contributed by atoms with Crippen LogP contribution in [-0.2, 0) is 19.1 Å². The average Bonchev–Trinajstić information content (AvgIpc) is 2.33. The van der Waals surface area contributed by atoms with E-state index in [2.05, 4.69) is 14.9 Å². The van der Waals surface area contributed by atoms with Gasteiger partial charge in [0.25, 0.3) is 6.29 Å². The summed E-state index contributed by atoms with van der Waals surface area (Å²) in [6.45, 7) is 7.91. The Kier molecular flexibility index (Phi) is 7.99. The molecule has 1 unspecified atom stereocenters. The largest absolute Gasteiger partial charge is 0.569 e. The highest BCUT2D eigenvalue weighted by Crippen LogP contribution is 2.10. The number of rotatable bonds is 8. The predicted molar refractivity (Wildman–Crippen MR) is 73.3 cm³/mol. The molecule has 0 aliphatic rings. The van der Waals surface area contributed by atoms with Crippen molar-refractivity contribution in [1.29, 1.82) is 0 Å². The number of nitrogens with zero attached hydrogens (tertiary/aromatic N) is 3. The molecule has 0 aromatic rings. The smallest absolute Gasteiger partial charge is 0.511 e. The SMILES string of the molecule is CC(C)OC(=O)OC(C)ON=[N+]([O-])N(C)[C@H](C(=O)O)C(C)C. The molecule has 0 amide bonds. The summed E-state index contributed by atoms with van der Waals surface area (Å²) in [5.74, 6) is -1.50. The zero-order valence-electron chi connectivity index (χ0n) is 13.5. The molecule has 0 saturated carbocycles. The standard InChI is InChI=1S/C12H23N3O7/c1-7(2)10(11(16)17)14(6)15(19)13-22-9(5)21-12(18)20-8(3)4/h7-10H,1-6H3,(H,16,17)/t9?,10-/m0/s1. The minimum Gasteiger partial charge on any atom is -0.569 e. The molecule has 22 heavy (non-hydrogen) atoms. The van der Waals surface area contributed by atoms with E-state index in [9.17, 15) is 14.8 Å². The molecule has 0 bridgehead atoms. The second-order valence-electron chi connectivity index (χ2n) is 5.14. The molecule has 0 radical (unpaired) electrons. The first-order valence-corrected chi connectivity index (χ1v) is 6.73. The third kappa shape index (κ3) is 6.95. The fourth-order valence-corrected chi connectivity index (χ4v) is 1.52. The van der Waals surface area contributed by atoms with Crippen LogP contribution in [0.3, 0.4) is 0 Å². The normalized spacial score (nSPS) is 14.5. The molecule has 0 aliphatic heterocycles. The molecule has 0 aliphatic carbocycles. The zero-order valence-corrected chi connectivity index (χ0v) is 13.5. The molecular weight excluding hydrogens is 298 g/mol. The number of carboxylic acids is 1. The van der Waals surface area contributed by atoms with Crippen LogP contribution in [0.2, 0.25) is 0 Å². The van der Waals surface area contributed by atoms with E-state index in [0.29, 0.717) is 0 Å². The van der Waals surface area contributed by atoms with Crippen molar-refractivity contribution in [1.82, 2.24) is 5.01 Å². The van der Waals surface area contributed by atoms with Gasteiger partial charge in [-0.2, -0.15) is 0 Å². The molecule has 0 rings (SSSR count). The minimum absolute atomic E-state index is 0.0214. The lowest BCUT2D eigenvalue weighted by Crippen LogP contribution is -2.45. The maximum Gasteiger partial charge on any atom is 0.511 e. The number of ether oxygens (including phenoxy) is 2. The highest BCUT2D eigenvalue weighted by molar-refractivity contribution is 5.73. The second-order valence-corrected chi connectivity index (χ2v) is 5.14. The van der Waals surface area contributed by atoms with Crippen LogP contribution in [0.15, 0.2) is 5.28 Å². The van der Waals surface area contributed by atoms with Crippen LogP contribution in [-0.4, -0.2) is 52.7 Å². The molecule has 128 valence electrons. The lowest BCUT2D eigenvalue weighted by molar-refractivity contribution is -0.713. The fraction of sp³-hybridized carbons (Fsp3) is 0.833. The monoisotopic (exact) mass is 321 g/mol. The Morgan fingerprint density at radius 2 is 1.73 bits per heavy atom. The molecule has 0 heterocycles. The molecule has 10 nitrogen and oxygen atoms in total. The van der Waals surface area contributed by atoms with E-state index >= 15 is 0 Å². The van der Waals surface area contributed by atoms with E-state index in [-0.39, 0.29) is 17.0 Å². The van der Waals surface area contributed by atoms with E-state index in [1.54, 1.807) is 27.7 Å². The summed E-state index contributed by atoms with van der Waals surface area (Å²) in [6.07, 6.45) is -2.49. The van der Waals surface area contributed by atoms with Gasteiger partial charge in [-0.1, -0.05) is 13.8 Å². The van der Waals surface area contributed by atoms with Crippen molar-refractivity contribution in [2.24, 2.45) is 11.2 Å². The van der Waals surface area contributed by atoms with Crippen LogP contribution in [0.5, 0.6) is 0 Å². The van der Waals surface area contributed by atoms with Gasteiger partial charge in [0.2, 0.25) is 5.28 Å². The predicted octanol–water partition coefficient (Wildman–Crippen LogP) is 1.74. The highest BCUT2D eigenvalue weighted by atomic mass is 16.8. The van der Waals surface area contributed by atoms with Crippen molar-refractivity contribution in [3.8, 4) is 0 Å². The van der Waals surface area contributed by atoms with Gasteiger partial charge < -0.3 is 19.8 Å². The molecule has 0 spiro atoms. The minimum atomic E-state index is -1.17. The number of aliphatic carboxylic acids is 1. The van der Waals surface area contributed by atoms with Crippen LogP contribution < -0.4 is 0 Å². The summed E-state index contributed by atoms with van der Waals surface area (Å²) < 4.78 is 9.38. The quantitative estimate of drug-likeness (QED) is 0.236. The van der Waals surface area contributed by atoms with Gasteiger partial charge >= 0.3 is 12.1 Å². The Labute approximate surface area is 128 Å². The Balaban J connectivity index is 4.59. The first kappa shape index (κ1) is 19.7. The third-order valence-electron chi connectivity index (χ3n) is 2.42. The van der Waals surface area contributed by atoms with Crippen LogP contribution in [0.1, 0.15) is 34.6 Å². The van der Waals surface area contributed by atoms with Crippen molar-refractivity contribution >= 4 is 12.1 Å². The van der Waals surface area contributed by atoms with Gasteiger partial charge in [0.05, 0.1) is 18.1 Å². The lowest BCUT2D eigenvalue weighted by Gasteiger charge is -2.23. The number of hydrogen-bond acceptors (Lipinski definition) is 7. The number of hydrogen-bond donors (Lipinski definition) is 1. The summed E-state index contributed by atoms with van der Waals surface area (Å²) in [5, 5.41) is 24.7. The first-order chi connectivity index (χ1) is 10.1. The molecule has 0 saturated heterocycles. The first-order valence-electron chi connectivity index (χ1n) is 6.73. The lowest BCUT2D eigenvalue weighted by atomic mass is 10.1. The molecule has 10 heteroatoms. The Bertz CT molecular complexity index is 412. The summed E-state index contributed by atoms with van der Waals surface area (Å²) in [6, 6.07) is -1.08. The number of carbonyl (C=O) groups is 2. The Morgan fingerprint density at radius 3 is 2.14 bits per heavy atom. The van der Waals surface area contributed by atoms with Gasteiger partial charge in [0, 0.05) is 6.92 Å². The summed E-state index contributed by atoms with van der Waals surface area (Å²) in [4.78, 5) is 26.9. The molecule has 1 N–H and O–H groups in total. The summed E-state index contributed by atoms with van der Waals surface area (Å²) >= 11 is 0. The number of carbonyl (C=O) groups excluding carboxylic acids is 1. The summed E-state index contributed by atoms with van der Waals surface area (Å²) in [7, 11) is 1.26. The number of likely N-dealkylation sites (N-methyl/N-ethyl adjacent to an activating group) is 1. The van der Waals surface area contributed by atoms with E-state index in [1.807, 2.05) is 0 Å². The molecular formula is C12H23N3O7. The fourth-order valence-electron chi connectivity index (χ4n) is 1.52. The van der Waals surface area contributed by atoms with Crippen molar-refractivity contribution in [3.63, 3.8) is 0 Å². The van der Waals surface area contributed by atoms with E-state index in [1.165, 1.54) is 14.0 Å². The van der Waals surface area contributed by atoms with Gasteiger partial charge in [-0.3, -0.25) is 4.84 Å². The van der Waals surface area contributed by atoms with Crippen molar-refractivity contribution in [3.05, 3.63) is 5.21 Å². The van der Waals surface area contributed by atoms with Crippen molar-refractivity contribution in [2.45, 2.75) is 53.1 Å². The van der Waals surface area contributed by atoms with Crippen LogP contribution in [0.4, 0.5) is 4.79 Å². The maximum atomic E-state index is 11.7. The van der Waals surface area contributed by atoms with E-state index in [4.69, 9.17) is 9.84 Å². The van der Waals surface area contributed by atoms with Crippen LogP contribution in [0, 0.1) is 11.1 Å². The van der Waals surface area contributed by atoms with E-state index in [0.717, 1.165) is 5.01 Å². The van der Waals surface area contributed by atoms with Gasteiger partial charge in [-0.05, 0) is 19.8 Å². The van der Waals surface area contributed by atoms with Crippen LogP contribution in [0.25, 0.3) is 0 Å². The van der Waals surface area contributed by atoms with Crippen molar-refractivity contribution in [2.75, 3.05) is 7.05 Å². The Hall–Kier alpha value is -2.26. The molecule has 0 fully saturated rings. The van der Waals surface area contributed by atoms with Crippen LogP contribution >= 0.6 is 0 Å². The third-order valence-corrected chi connectivity index (χ3v) is 2.42. The number of hydrazine groups is 1. The van der Waals surface area contributed by atoms with E-state index < -0.39 is 24.5 Å². The topological polar surface area (TPSA) is 124 Å². The maximum absolute atomic E-state index is 11.7. The highest BCUT2D eigenvalue weighted by Gasteiger charge is 2.32. The molecule has 0 aromatic carbocycles. The van der Waals surface area contributed by atoms with Gasteiger partial charge in [0.15, 0.2) is 6.04 Å². The number of carboxylic acid groups (broad SMARTS) is 1. The van der Waals surface area contributed by atoms with Gasteiger partial charge in [0.1, 0.15) is 0 Å². The van der Waals surface area contributed by atoms with Crippen molar-refractivity contribution < 1.29 is 34.0 Å². The van der Waals surface area contributed by atoms with Gasteiger partial charge in [-0.25, -0.2) is 9.59 Å². The Morgan fingerprint density at radius 1 is 1.18 bits per heavy atom. The molecule has 0 aromatic heterocycles.